The maximum Gasteiger partial charge on any atom is 0.416 e. The number of likely N-dealkylation sites (tertiary alicyclic amines) is 1. The van der Waals surface area contributed by atoms with Crippen LogP contribution in [0, 0.1) is 6.92 Å². The molecule has 0 spiro atoms. The van der Waals surface area contributed by atoms with E-state index in [0.29, 0.717) is 18.7 Å². The van der Waals surface area contributed by atoms with Crippen molar-refractivity contribution in [1.82, 2.24) is 9.88 Å². The number of rotatable bonds is 5. The Kier molecular flexibility index (Phi) is 5.53. The predicted octanol–water partition coefficient (Wildman–Crippen LogP) is 3.47. The minimum absolute atomic E-state index is 0.0970. The van der Waals surface area contributed by atoms with Gasteiger partial charge in [-0.1, -0.05) is 18.2 Å². The number of aromatic nitrogens is 1. The molecular weight excluding hydrogens is 361 g/mol. The minimum atomic E-state index is -4.45. The van der Waals surface area contributed by atoms with Gasteiger partial charge in [0.15, 0.2) is 6.61 Å². The van der Waals surface area contributed by atoms with Crippen molar-refractivity contribution in [2.75, 3.05) is 19.7 Å². The van der Waals surface area contributed by atoms with Gasteiger partial charge in [0.1, 0.15) is 11.9 Å². The van der Waals surface area contributed by atoms with Crippen LogP contribution in [0.25, 0.3) is 0 Å². The van der Waals surface area contributed by atoms with E-state index in [-0.39, 0.29) is 24.9 Å². The summed E-state index contributed by atoms with van der Waals surface area (Å²) in [5.74, 6) is 0.354. The molecule has 0 saturated carbocycles. The molecule has 27 heavy (non-hydrogen) atoms. The second-order valence-corrected chi connectivity index (χ2v) is 6.30. The molecule has 5 nitrogen and oxygen atoms in total. The van der Waals surface area contributed by atoms with Gasteiger partial charge in [0.2, 0.25) is 5.88 Å². The lowest BCUT2D eigenvalue weighted by Gasteiger charge is -2.18. The number of pyridine rings is 1. The Bertz CT molecular complexity index is 811. The topological polar surface area (TPSA) is 51.7 Å². The van der Waals surface area contributed by atoms with Crippen LogP contribution >= 0.6 is 0 Å². The van der Waals surface area contributed by atoms with E-state index in [1.807, 2.05) is 25.1 Å². The van der Waals surface area contributed by atoms with Crippen LogP contribution in [0.3, 0.4) is 0 Å². The van der Waals surface area contributed by atoms with Gasteiger partial charge in [-0.15, -0.1) is 0 Å². The molecule has 1 unspecified atom stereocenters. The molecule has 1 fully saturated rings. The van der Waals surface area contributed by atoms with Crippen LogP contribution in [0.4, 0.5) is 13.2 Å². The zero-order valence-electron chi connectivity index (χ0n) is 14.7. The van der Waals surface area contributed by atoms with Gasteiger partial charge in [-0.2, -0.15) is 13.2 Å². The fraction of sp³-hybridized carbons (Fsp3) is 0.368. The number of aryl methyl sites for hydroxylation is 1. The zero-order valence-corrected chi connectivity index (χ0v) is 14.7. The minimum Gasteiger partial charge on any atom is -0.484 e. The van der Waals surface area contributed by atoms with E-state index in [0.717, 1.165) is 23.9 Å². The Morgan fingerprint density at radius 1 is 1.30 bits per heavy atom. The SMILES string of the molecule is Cc1ccccc1OCC(=O)N1CCC(Oc2cc(C(F)(F)F)ccn2)C1. The molecule has 2 heterocycles. The van der Waals surface area contributed by atoms with Crippen molar-refractivity contribution >= 4 is 5.91 Å². The lowest BCUT2D eigenvalue weighted by molar-refractivity contribution is -0.137. The molecule has 1 aliphatic rings. The molecular formula is C19H19F3N2O3. The predicted molar refractivity (Wildman–Crippen MR) is 91.5 cm³/mol. The summed E-state index contributed by atoms with van der Waals surface area (Å²) >= 11 is 0. The van der Waals surface area contributed by atoms with E-state index in [4.69, 9.17) is 9.47 Å². The Balaban J connectivity index is 1.53. The standard InChI is InChI=1S/C19H19F3N2O3/c1-13-4-2-3-5-16(13)26-12-18(25)24-9-7-15(11-24)27-17-10-14(6-8-23-17)19(20,21)22/h2-6,8,10,15H,7,9,11-12H2,1H3. The van der Waals surface area contributed by atoms with Crippen LogP contribution in [0.2, 0.25) is 0 Å². The number of halogens is 3. The average Bonchev–Trinajstić information content (AvgIpc) is 3.09. The number of para-hydroxylation sites is 1. The number of hydrogen-bond donors (Lipinski definition) is 0. The second kappa shape index (κ2) is 7.85. The molecule has 1 amide bonds. The van der Waals surface area contributed by atoms with Gasteiger partial charge in [-0.25, -0.2) is 4.98 Å². The number of amides is 1. The first-order valence-electron chi connectivity index (χ1n) is 8.49. The van der Waals surface area contributed by atoms with Crippen LogP contribution in [0.1, 0.15) is 17.5 Å². The van der Waals surface area contributed by atoms with Gasteiger partial charge in [-0.3, -0.25) is 4.79 Å². The normalized spacial score (nSPS) is 17.0. The maximum atomic E-state index is 12.8. The van der Waals surface area contributed by atoms with Crippen molar-refractivity contribution in [2.24, 2.45) is 0 Å². The van der Waals surface area contributed by atoms with E-state index in [1.165, 1.54) is 0 Å². The smallest absolute Gasteiger partial charge is 0.416 e. The van der Waals surface area contributed by atoms with Crippen molar-refractivity contribution in [3.05, 3.63) is 53.7 Å². The van der Waals surface area contributed by atoms with Crippen molar-refractivity contribution < 1.29 is 27.4 Å². The highest BCUT2D eigenvalue weighted by Crippen LogP contribution is 2.31. The van der Waals surface area contributed by atoms with Crippen LogP contribution in [0.15, 0.2) is 42.6 Å². The van der Waals surface area contributed by atoms with Crippen LogP contribution in [-0.2, 0) is 11.0 Å². The summed E-state index contributed by atoms with van der Waals surface area (Å²) < 4.78 is 49.3. The molecule has 1 atom stereocenters. The largest absolute Gasteiger partial charge is 0.484 e. The van der Waals surface area contributed by atoms with E-state index >= 15 is 0 Å². The Morgan fingerprint density at radius 2 is 2.07 bits per heavy atom. The van der Waals surface area contributed by atoms with E-state index < -0.39 is 17.8 Å². The monoisotopic (exact) mass is 380 g/mol. The summed E-state index contributed by atoms with van der Waals surface area (Å²) in [7, 11) is 0. The Morgan fingerprint density at radius 3 is 2.81 bits per heavy atom. The number of carbonyl (C=O) groups is 1. The molecule has 3 rings (SSSR count). The first kappa shape index (κ1) is 19.0. The Labute approximate surface area is 154 Å². The van der Waals surface area contributed by atoms with Crippen LogP contribution in [0.5, 0.6) is 11.6 Å². The second-order valence-electron chi connectivity index (χ2n) is 6.30. The molecule has 0 aliphatic carbocycles. The fourth-order valence-corrected chi connectivity index (χ4v) is 2.82. The highest BCUT2D eigenvalue weighted by atomic mass is 19.4. The maximum absolute atomic E-state index is 12.8. The third-order valence-corrected chi connectivity index (χ3v) is 4.29. The van der Waals surface area contributed by atoms with Crippen LogP contribution in [-0.4, -0.2) is 41.6 Å². The summed E-state index contributed by atoms with van der Waals surface area (Å²) in [6.07, 6.45) is -3.27. The third-order valence-electron chi connectivity index (χ3n) is 4.29. The van der Waals surface area contributed by atoms with Crippen molar-refractivity contribution in [3.8, 4) is 11.6 Å². The molecule has 0 bridgehead atoms. The lowest BCUT2D eigenvalue weighted by atomic mass is 10.2. The van der Waals surface area contributed by atoms with E-state index in [1.54, 1.807) is 11.0 Å². The molecule has 2 aromatic rings. The van der Waals surface area contributed by atoms with Gasteiger partial charge in [0.05, 0.1) is 12.1 Å². The summed E-state index contributed by atoms with van der Waals surface area (Å²) in [6.45, 7) is 2.54. The summed E-state index contributed by atoms with van der Waals surface area (Å²) in [5, 5.41) is 0. The molecule has 8 heteroatoms. The molecule has 0 radical (unpaired) electrons. The number of nitrogens with zero attached hydrogens (tertiary/aromatic N) is 2. The number of ether oxygens (including phenoxy) is 2. The molecule has 1 aromatic carbocycles. The average molecular weight is 380 g/mol. The van der Waals surface area contributed by atoms with Gasteiger partial charge >= 0.3 is 6.18 Å². The van der Waals surface area contributed by atoms with E-state index in [2.05, 4.69) is 4.98 Å². The highest BCUT2D eigenvalue weighted by molar-refractivity contribution is 5.78. The molecule has 1 aromatic heterocycles. The quantitative estimate of drug-likeness (QED) is 0.797. The summed E-state index contributed by atoms with van der Waals surface area (Å²) in [5.41, 5.74) is 0.119. The third kappa shape index (κ3) is 4.90. The summed E-state index contributed by atoms with van der Waals surface area (Å²) in [4.78, 5) is 17.7. The zero-order chi connectivity index (χ0) is 19.4. The molecule has 1 aliphatic heterocycles. The number of carbonyl (C=O) groups excluding carboxylic acids is 1. The van der Waals surface area contributed by atoms with E-state index in [9.17, 15) is 18.0 Å². The number of hydrogen-bond acceptors (Lipinski definition) is 4. The molecule has 0 N–H and O–H groups in total. The van der Waals surface area contributed by atoms with Crippen molar-refractivity contribution in [3.63, 3.8) is 0 Å². The van der Waals surface area contributed by atoms with Gasteiger partial charge in [0, 0.05) is 25.2 Å². The lowest BCUT2D eigenvalue weighted by Crippen LogP contribution is -2.34. The van der Waals surface area contributed by atoms with Crippen molar-refractivity contribution in [2.45, 2.75) is 25.6 Å². The Hall–Kier alpha value is -2.77. The molecule has 144 valence electrons. The number of benzene rings is 1. The first-order valence-corrected chi connectivity index (χ1v) is 8.49. The van der Waals surface area contributed by atoms with Gasteiger partial charge in [0.25, 0.3) is 5.91 Å². The summed E-state index contributed by atoms with van der Waals surface area (Å²) in [6, 6.07) is 9.15. The first-order chi connectivity index (χ1) is 12.8. The van der Waals surface area contributed by atoms with Gasteiger partial charge in [-0.05, 0) is 24.6 Å². The number of alkyl halides is 3. The molecule has 1 saturated heterocycles. The van der Waals surface area contributed by atoms with Crippen molar-refractivity contribution in [1.29, 1.82) is 0 Å². The van der Waals surface area contributed by atoms with Crippen LogP contribution < -0.4 is 9.47 Å². The van der Waals surface area contributed by atoms with Gasteiger partial charge < -0.3 is 14.4 Å². The fourth-order valence-electron chi connectivity index (χ4n) is 2.82. The highest BCUT2D eigenvalue weighted by Gasteiger charge is 2.32.